The number of amides is 1. The second kappa shape index (κ2) is 7.59. The van der Waals surface area contributed by atoms with E-state index in [-0.39, 0.29) is 6.61 Å². The zero-order valence-electron chi connectivity index (χ0n) is 12.0. The lowest BCUT2D eigenvalue weighted by atomic mass is 10.2. The lowest BCUT2D eigenvalue weighted by Crippen LogP contribution is -2.30. The van der Waals surface area contributed by atoms with Crippen LogP contribution in [0.15, 0.2) is 59.5 Å². The summed E-state index contributed by atoms with van der Waals surface area (Å²) < 4.78 is 13.3. The van der Waals surface area contributed by atoms with Gasteiger partial charge in [-0.3, -0.25) is 0 Å². The number of para-hydroxylation sites is 1. The van der Waals surface area contributed by atoms with Crippen LogP contribution in [0.1, 0.15) is 5.56 Å². The summed E-state index contributed by atoms with van der Waals surface area (Å²) in [5.41, 5.74) is 0.959. The number of ether oxygens (including phenoxy) is 2. The molecule has 2 rings (SSSR count). The normalized spacial score (nSPS) is 11.5. The van der Waals surface area contributed by atoms with Crippen molar-refractivity contribution < 1.29 is 14.3 Å². The molecule has 2 aromatic rings. The fraction of sp³-hybridized carbons (Fsp3) is 0.188. The Morgan fingerprint density at radius 1 is 1.10 bits per heavy atom. The maximum Gasteiger partial charge on any atom is 0.449 e. The second-order valence-corrected chi connectivity index (χ2v) is 5.99. The van der Waals surface area contributed by atoms with Crippen LogP contribution in [0, 0.1) is 0 Å². The first kappa shape index (κ1) is 15.3. The van der Waals surface area contributed by atoms with Crippen molar-refractivity contribution in [2.45, 2.75) is 11.5 Å². The predicted molar refractivity (Wildman–Crippen MR) is 84.3 cm³/mol. The molecule has 4 nitrogen and oxygen atoms in total. The minimum absolute atomic E-state index is 0.260. The highest BCUT2D eigenvalue weighted by molar-refractivity contribution is 7.95. The summed E-state index contributed by atoms with van der Waals surface area (Å²) in [5.74, 6) is 0.756. The van der Waals surface area contributed by atoms with Crippen LogP contribution >= 0.6 is 0 Å². The number of carbonyl (C=O) groups is 1. The summed E-state index contributed by atoms with van der Waals surface area (Å²) in [6, 6.07) is 17.2. The quantitative estimate of drug-likeness (QED) is 0.863. The van der Waals surface area contributed by atoms with Gasteiger partial charge in [0.15, 0.2) is 5.75 Å². The maximum absolute atomic E-state index is 11.8. The molecule has 0 aliphatic rings. The predicted octanol–water partition coefficient (Wildman–Crippen LogP) is 3.14. The van der Waals surface area contributed by atoms with Crippen LogP contribution < -0.4 is 9.46 Å². The standard InChI is InChI=1S/C16H17NO3S/c1-19-14-10-6-7-11-15(14)21(2)17-16(18)20-12-13-8-4-3-5-9-13/h3-11H,12H2,1-2H3/p+1. The molecule has 0 aliphatic heterocycles. The molecular formula is C16H18NO3S+. The van der Waals surface area contributed by atoms with Crippen molar-refractivity contribution in [1.29, 1.82) is 0 Å². The van der Waals surface area contributed by atoms with E-state index in [1.54, 1.807) is 7.11 Å². The Balaban J connectivity index is 1.90. The van der Waals surface area contributed by atoms with Crippen molar-refractivity contribution >= 4 is 17.2 Å². The van der Waals surface area contributed by atoms with Gasteiger partial charge in [-0.05, 0) is 17.7 Å². The van der Waals surface area contributed by atoms with Gasteiger partial charge >= 0.3 is 6.09 Å². The summed E-state index contributed by atoms with van der Waals surface area (Å²) in [7, 11) is 1.61. The lowest BCUT2D eigenvalue weighted by molar-refractivity contribution is 0.146. The Hall–Kier alpha value is -2.14. The lowest BCUT2D eigenvalue weighted by Gasteiger charge is -2.08. The van der Waals surface area contributed by atoms with Gasteiger partial charge in [0.2, 0.25) is 4.90 Å². The van der Waals surface area contributed by atoms with E-state index in [9.17, 15) is 4.79 Å². The van der Waals surface area contributed by atoms with E-state index in [0.29, 0.717) is 0 Å². The molecule has 0 bridgehead atoms. The minimum atomic E-state index is -0.482. The fourth-order valence-corrected chi connectivity index (χ4v) is 2.96. The van der Waals surface area contributed by atoms with Crippen molar-refractivity contribution in [1.82, 2.24) is 4.72 Å². The van der Waals surface area contributed by atoms with Crippen molar-refractivity contribution in [3.63, 3.8) is 0 Å². The first-order valence-corrected chi connectivity index (χ1v) is 8.10. The number of rotatable bonds is 5. The van der Waals surface area contributed by atoms with Crippen molar-refractivity contribution in [2.24, 2.45) is 0 Å². The molecule has 1 N–H and O–H groups in total. The van der Waals surface area contributed by atoms with Crippen LogP contribution in [0.5, 0.6) is 5.75 Å². The molecule has 0 saturated heterocycles. The van der Waals surface area contributed by atoms with Gasteiger partial charge in [0.25, 0.3) is 0 Å². The molecule has 0 aromatic heterocycles. The van der Waals surface area contributed by atoms with Gasteiger partial charge in [-0.15, -0.1) is 4.72 Å². The Labute approximate surface area is 127 Å². The van der Waals surface area contributed by atoms with E-state index < -0.39 is 17.2 Å². The summed E-state index contributed by atoms with van der Waals surface area (Å²) in [4.78, 5) is 12.8. The van der Waals surface area contributed by atoms with E-state index in [1.807, 2.05) is 60.9 Å². The Morgan fingerprint density at radius 3 is 2.48 bits per heavy atom. The molecule has 2 aromatic carbocycles. The highest BCUT2D eigenvalue weighted by atomic mass is 32.2. The second-order valence-electron chi connectivity index (χ2n) is 4.32. The summed E-state index contributed by atoms with van der Waals surface area (Å²) in [6.45, 7) is 0.260. The van der Waals surface area contributed by atoms with Crippen LogP contribution in [0.3, 0.4) is 0 Å². The molecule has 21 heavy (non-hydrogen) atoms. The van der Waals surface area contributed by atoms with E-state index in [4.69, 9.17) is 9.47 Å². The van der Waals surface area contributed by atoms with Gasteiger partial charge in [0.1, 0.15) is 23.9 Å². The molecule has 0 aliphatic carbocycles. The molecule has 0 radical (unpaired) electrons. The Kier molecular flexibility index (Phi) is 5.51. The minimum Gasteiger partial charge on any atom is -0.491 e. The number of benzene rings is 2. The van der Waals surface area contributed by atoms with Crippen LogP contribution in [0.25, 0.3) is 0 Å². The van der Waals surface area contributed by atoms with E-state index in [1.165, 1.54) is 0 Å². The zero-order chi connectivity index (χ0) is 15.1. The van der Waals surface area contributed by atoms with Gasteiger partial charge in [0.05, 0.1) is 7.11 Å². The average molecular weight is 304 g/mol. The monoisotopic (exact) mass is 304 g/mol. The number of carbonyl (C=O) groups excluding carboxylic acids is 1. The highest BCUT2D eigenvalue weighted by Crippen LogP contribution is 2.22. The molecule has 1 unspecified atom stereocenters. The van der Waals surface area contributed by atoms with Gasteiger partial charge < -0.3 is 9.47 Å². The van der Waals surface area contributed by atoms with E-state index in [0.717, 1.165) is 16.2 Å². The van der Waals surface area contributed by atoms with Crippen molar-refractivity contribution in [2.75, 3.05) is 13.4 Å². The van der Waals surface area contributed by atoms with Crippen LogP contribution in [0.4, 0.5) is 4.79 Å². The van der Waals surface area contributed by atoms with Crippen LogP contribution in [-0.2, 0) is 22.4 Å². The number of nitrogens with one attached hydrogen (secondary N) is 1. The van der Waals surface area contributed by atoms with Crippen LogP contribution in [0.2, 0.25) is 0 Å². The third kappa shape index (κ3) is 4.43. The van der Waals surface area contributed by atoms with Crippen LogP contribution in [-0.4, -0.2) is 19.5 Å². The molecule has 0 saturated carbocycles. The first-order chi connectivity index (χ1) is 10.2. The van der Waals surface area contributed by atoms with Gasteiger partial charge in [-0.25, -0.2) is 4.79 Å². The molecular weight excluding hydrogens is 286 g/mol. The molecule has 1 atom stereocenters. The smallest absolute Gasteiger partial charge is 0.449 e. The topological polar surface area (TPSA) is 47.6 Å². The molecule has 5 heteroatoms. The summed E-state index contributed by atoms with van der Waals surface area (Å²) in [6.07, 6.45) is 1.48. The Morgan fingerprint density at radius 2 is 1.76 bits per heavy atom. The third-order valence-corrected chi connectivity index (χ3v) is 4.32. The number of hydrogen-bond donors (Lipinski definition) is 1. The highest BCUT2D eigenvalue weighted by Gasteiger charge is 2.24. The van der Waals surface area contributed by atoms with Gasteiger partial charge in [-0.2, -0.15) is 0 Å². The van der Waals surface area contributed by atoms with Gasteiger partial charge in [-0.1, -0.05) is 42.5 Å². The van der Waals surface area contributed by atoms with Crippen molar-refractivity contribution in [3.8, 4) is 5.75 Å². The Bertz CT molecular complexity index is 589. The maximum atomic E-state index is 11.8. The molecule has 110 valence electrons. The van der Waals surface area contributed by atoms with E-state index in [2.05, 4.69) is 4.72 Å². The number of hydrogen-bond acceptors (Lipinski definition) is 3. The SMILES string of the molecule is COc1ccccc1[S+](C)NC(=O)OCc1ccccc1. The van der Waals surface area contributed by atoms with E-state index >= 15 is 0 Å². The molecule has 0 spiro atoms. The number of methoxy groups -OCH3 is 1. The van der Waals surface area contributed by atoms with Crippen molar-refractivity contribution in [3.05, 3.63) is 60.2 Å². The first-order valence-electron chi connectivity index (χ1n) is 6.47. The average Bonchev–Trinajstić information content (AvgIpc) is 2.53. The molecule has 0 heterocycles. The molecule has 1 amide bonds. The zero-order valence-corrected chi connectivity index (χ0v) is 12.9. The summed E-state index contributed by atoms with van der Waals surface area (Å²) in [5, 5.41) is 0. The molecule has 0 fully saturated rings. The fourth-order valence-electron chi connectivity index (χ4n) is 1.80. The summed E-state index contributed by atoms with van der Waals surface area (Å²) >= 11 is -0.482. The third-order valence-electron chi connectivity index (χ3n) is 2.85. The van der Waals surface area contributed by atoms with Gasteiger partial charge in [0, 0.05) is 0 Å². The largest absolute Gasteiger partial charge is 0.491 e.